The Kier molecular flexibility index (Phi) is 3.82. The van der Waals surface area contributed by atoms with Gasteiger partial charge < -0.3 is 15.0 Å². The fourth-order valence-electron chi connectivity index (χ4n) is 2.01. The van der Waals surface area contributed by atoms with Crippen molar-refractivity contribution in [2.75, 3.05) is 12.3 Å². The van der Waals surface area contributed by atoms with Gasteiger partial charge in [-0.25, -0.2) is 9.97 Å². The molecule has 0 saturated carbocycles. The van der Waals surface area contributed by atoms with Gasteiger partial charge in [0.05, 0.1) is 12.9 Å². The first-order valence-electron chi connectivity index (χ1n) is 6.72. The molecule has 0 aliphatic rings. The molecule has 0 bridgehead atoms. The molecule has 3 rings (SSSR count). The predicted octanol–water partition coefficient (Wildman–Crippen LogP) is 2.61. The number of ether oxygens (including phenoxy) is 1. The van der Waals surface area contributed by atoms with E-state index in [9.17, 15) is 0 Å². The molecule has 0 aliphatic heterocycles. The van der Waals surface area contributed by atoms with E-state index >= 15 is 0 Å². The van der Waals surface area contributed by atoms with Crippen molar-refractivity contribution in [3.63, 3.8) is 0 Å². The van der Waals surface area contributed by atoms with Crippen LogP contribution in [0, 0.1) is 0 Å². The fourth-order valence-corrected chi connectivity index (χ4v) is 2.01. The van der Waals surface area contributed by atoms with Crippen molar-refractivity contribution in [3.8, 4) is 16.9 Å². The van der Waals surface area contributed by atoms with Gasteiger partial charge >= 0.3 is 0 Å². The summed E-state index contributed by atoms with van der Waals surface area (Å²) in [7, 11) is 0. The van der Waals surface area contributed by atoms with Gasteiger partial charge in [-0.15, -0.1) is 0 Å². The molecule has 0 amide bonds. The summed E-state index contributed by atoms with van der Waals surface area (Å²) in [4.78, 5) is 8.09. The highest BCUT2D eigenvalue weighted by Gasteiger charge is 2.00. The van der Waals surface area contributed by atoms with E-state index in [4.69, 9.17) is 10.5 Å². The molecule has 106 valence electrons. The zero-order valence-corrected chi connectivity index (χ0v) is 11.5. The van der Waals surface area contributed by atoms with Crippen molar-refractivity contribution in [1.29, 1.82) is 0 Å². The van der Waals surface area contributed by atoms with E-state index in [2.05, 4.69) is 9.97 Å². The third-order valence-electron chi connectivity index (χ3n) is 3.15. The average Bonchev–Trinajstić information content (AvgIpc) is 3.02. The molecule has 2 aromatic heterocycles. The van der Waals surface area contributed by atoms with Crippen LogP contribution in [0.3, 0.4) is 0 Å². The van der Waals surface area contributed by atoms with Crippen molar-refractivity contribution in [3.05, 3.63) is 61.3 Å². The van der Waals surface area contributed by atoms with Gasteiger partial charge in [0, 0.05) is 24.2 Å². The summed E-state index contributed by atoms with van der Waals surface area (Å²) in [6.45, 7) is 1.39. The number of anilines is 1. The molecular formula is C16H16N4O. The molecule has 3 aromatic rings. The molecule has 0 unspecified atom stereocenters. The van der Waals surface area contributed by atoms with Crippen molar-refractivity contribution < 1.29 is 4.74 Å². The number of pyridine rings is 1. The molecular weight excluding hydrogens is 264 g/mol. The molecule has 2 N–H and O–H groups in total. The highest BCUT2D eigenvalue weighted by atomic mass is 16.5. The maximum absolute atomic E-state index is 5.71. The first-order valence-corrected chi connectivity index (χ1v) is 6.72. The molecule has 0 fully saturated rings. The summed E-state index contributed by atoms with van der Waals surface area (Å²) in [5, 5.41) is 0. The van der Waals surface area contributed by atoms with Crippen molar-refractivity contribution in [1.82, 2.24) is 14.5 Å². The lowest BCUT2D eigenvalue weighted by atomic mass is 10.1. The Bertz CT molecular complexity index is 675. The summed E-state index contributed by atoms with van der Waals surface area (Å²) >= 11 is 0. The molecule has 5 heteroatoms. The summed E-state index contributed by atoms with van der Waals surface area (Å²) in [5.41, 5.74) is 7.71. The molecule has 21 heavy (non-hydrogen) atoms. The highest BCUT2D eigenvalue weighted by Crippen LogP contribution is 2.22. The summed E-state index contributed by atoms with van der Waals surface area (Å²) in [5.74, 6) is 1.38. The number of hydrogen-bond donors (Lipinski definition) is 1. The zero-order valence-electron chi connectivity index (χ0n) is 11.5. The van der Waals surface area contributed by atoms with Gasteiger partial charge in [0.15, 0.2) is 0 Å². The van der Waals surface area contributed by atoms with E-state index < -0.39 is 0 Å². The molecule has 0 radical (unpaired) electrons. The van der Waals surface area contributed by atoms with Crippen LogP contribution in [0.15, 0.2) is 61.3 Å². The fraction of sp³-hybridized carbons (Fsp3) is 0.125. The third kappa shape index (κ3) is 3.39. The van der Waals surface area contributed by atoms with Gasteiger partial charge in [0.25, 0.3) is 0 Å². The van der Waals surface area contributed by atoms with Crippen LogP contribution in [0.2, 0.25) is 0 Å². The Morgan fingerprint density at radius 2 is 1.86 bits per heavy atom. The standard InChI is InChI=1S/C16H16N4O/c17-16-6-3-14(11-19-16)13-1-4-15(5-2-13)21-10-9-20-8-7-18-12-20/h1-8,11-12H,9-10H2,(H2,17,19). The third-order valence-corrected chi connectivity index (χ3v) is 3.15. The van der Waals surface area contributed by atoms with Crippen molar-refractivity contribution in [2.45, 2.75) is 6.54 Å². The lowest BCUT2D eigenvalue weighted by molar-refractivity contribution is 0.298. The molecule has 1 aromatic carbocycles. The van der Waals surface area contributed by atoms with Crippen LogP contribution in [0.5, 0.6) is 5.75 Å². The molecule has 0 spiro atoms. The van der Waals surface area contributed by atoms with Gasteiger partial charge in [-0.2, -0.15) is 0 Å². The Balaban J connectivity index is 1.60. The number of benzene rings is 1. The lowest BCUT2D eigenvalue weighted by Gasteiger charge is -2.08. The summed E-state index contributed by atoms with van der Waals surface area (Å²) < 4.78 is 7.69. The minimum Gasteiger partial charge on any atom is -0.492 e. The molecule has 0 atom stereocenters. The largest absolute Gasteiger partial charge is 0.492 e. The van der Waals surface area contributed by atoms with Crippen LogP contribution >= 0.6 is 0 Å². The SMILES string of the molecule is Nc1ccc(-c2ccc(OCCn3ccnc3)cc2)cn1. The number of hydrogen-bond acceptors (Lipinski definition) is 4. The van der Waals surface area contributed by atoms with E-state index in [0.717, 1.165) is 23.4 Å². The smallest absolute Gasteiger partial charge is 0.123 e. The Hall–Kier alpha value is -2.82. The predicted molar refractivity (Wildman–Crippen MR) is 81.8 cm³/mol. The second-order valence-corrected chi connectivity index (χ2v) is 4.65. The second kappa shape index (κ2) is 6.09. The Labute approximate surface area is 123 Å². The van der Waals surface area contributed by atoms with Gasteiger partial charge in [-0.05, 0) is 29.8 Å². The normalized spacial score (nSPS) is 10.5. The average molecular weight is 280 g/mol. The van der Waals surface area contributed by atoms with Crippen molar-refractivity contribution >= 4 is 5.82 Å². The van der Waals surface area contributed by atoms with Crippen LogP contribution in [0.1, 0.15) is 0 Å². The number of nitrogens with two attached hydrogens (primary N) is 1. The zero-order chi connectivity index (χ0) is 14.5. The van der Waals surface area contributed by atoms with Crippen LogP contribution in [0.4, 0.5) is 5.82 Å². The highest BCUT2D eigenvalue weighted by molar-refractivity contribution is 5.64. The van der Waals surface area contributed by atoms with Crippen molar-refractivity contribution in [2.24, 2.45) is 0 Å². The summed E-state index contributed by atoms with van der Waals surface area (Å²) in [6.07, 6.45) is 7.22. The minimum atomic E-state index is 0.526. The minimum absolute atomic E-state index is 0.526. The van der Waals surface area contributed by atoms with Gasteiger partial charge in [0.1, 0.15) is 18.2 Å². The van der Waals surface area contributed by atoms with E-state index in [1.165, 1.54) is 0 Å². The van der Waals surface area contributed by atoms with E-state index in [-0.39, 0.29) is 0 Å². The molecule has 2 heterocycles. The topological polar surface area (TPSA) is 66.0 Å². The van der Waals surface area contributed by atoms with E-state index in [1.54, 1.807) is 24.8 Å². The van der Waals surface area contributed by atoms with E-state index in [0.29, 0.717) is 12.4 Å². The lowest BCUT2D eigenvalue weighted by Crippen LogP contribution is -2.06. The van der Waals surface area contributed by atoms with Crippen LogP contribution in [-0.4, -0.2) is 21.1 Å². The van der Waals surface area contributed by atoms with Crippen LogP contribution < -0.4 is 10.5 Å². The maximum atomic E-state index is 5.71. The van der Waals surface area contributed by atoms with Crippen LogP contribution in [-0.2, 0) is 6.54 Å². The van der Waals surface area contributed by atoms with Gasteiger partial charge in [-0.1, -0.05) is 12.1 Å². The van der Waals surface area contributed by atoms with Crippen LogP contribution in [0.25, 0.3) is 11.1 Å². The Morgan fingerprint density at radius 1 is 1.05 bits per heavy atom. The van der Waals surface area contributed by atoms with E-state index in [1.807, 2.05) is 41.1 Å². The maximum Gasteiger partial charge on any atom is 0.123 e. The number of imidazole rings is 1. The number of nitrogen functional groups attached to an aromatic ring is 1. The molecule has 0 aliphatic carbocycles. The Morgan fingerprint density at radius 3 is 2.52 bits per heavy atom. The van der Waals surface area contributed by atoms with Gasteiger partial charge in [0.2, 0.25) is 0 Å². The first kappa shape index (κ1) is 13.2. The summed E-state index contributed by atoms with van der Waals surface area (Å²) in [6, 6.07) is 11.7. The number of rotatable bonds is 5. The molecule has 5 nitrogen and oxygen atoms in total. The first-order chi connectivity index (χ1) is 10.3. The van der Waals surface area contributed by atoms with Gasteiger partial charge in [-0.3, -0.25) is 0 Å². The number of aromatic nitrogens is 3. The molecule has 0 saturated heterocycles. The monoisotopic (exact) mass is 280 g/mol. The number of nitrogens with zero attached hydrogens (tertiary/aromatic N) is 3. The quantitative estimate of drug-likeness (QED) is 0.780. The second-order valence-electron chi connectivity index (χ2n) is 4.65.